The molecular weight excluding hydrogens is 150 g/mol. The zero-order valence-electron chi connectivity index (χ0n) is 8.10. The summed E-state index contributed by atoms with van der Waals surface area (Å²) in [5, 5.41) is 3.47. The molecule has 12 heavy (non-hydrogen) atoms. The van der Waals surface area contributed by atoms with Crippen molar-refractivity contribution in [2.75, 3.05) is 20.3 Å². The Morgan fingerprint density at radius 1 is 1.67 bits per heavy atom. The van der Waals surface area contributed by atoms with Crippen LogP contribution in [-0.2, 0) is 4.74 Å². The minimum atomic E-state index is 0.684. The van der Waals surface area contributed by atoms with Crippen molar-refractivity contribution in [2.24, 2.45) is 0 Å². The maximum atomic E-state index is 4.98. The highest BCUT2D eigenvalue weighted by Gasteiger charge is 2.10. The fourth-order valence-corrected chi connectivity index (χ4v) is 1.52. The molecule has 1 atom stereocenters. The highest BCUT2D eigenvalue weighted by Crippen LogP contribution is 2.16. The number of methoxy groups -OCH3 is 1. The van der Waals surface area contributed by atoms with Gasteiger partial charge in [0.1, 0.15) is 0 Å². The highest BCUT2D eigenvalue weighted by atomic mass is 16.5. The van der Waals surface area contributed by atoms with E-state index in [1.807, 2.05) is 0 Å². The van der Waals surface area contributed by atoms with Crippen LogP contribution in [0.1, 0.15) is 26.2 Å². The lowest BCUT2D eigenvalue weighted by Crippen LogP contribution is -2.32. The lowest BCUT2D eigenvalue weighted by molar-refractivity contribution is 0.194. The molecule has 0 fully saturated rings. The van der Waals surface area contributed by atoms with E-state index in [0.717, 1.165) is 13.2 Å². The Balaban J connectivity index is 2.10. The SMILES string of the molecule is COCCNC1CC=C(C)CC1. The summed E-state index contributed by atoms with van der Waals surface area (Å²) in [7, 11) is 1.74. The molecule has 0 saturated heterocycles. The third-order valence-electron chi connectivity index (χ3n) is 2.38. The largest absolute Gasteiger partial charge is 0.383 e. The van der Waals surface area contributed by atoms with Gasteiger partial charge in [-0.1, -0.05) is 11.6 Å². The lowest BCUT2D eigenvalue weighted by Gasteiger charge is -2.21. The second-order valence-electron chi connectivity index (χ2n) is 3.47. The Hall–Kier alpha value is -0.340. The van der Waals surface area contributed by atoms with Gasteiger partial charge in [-0.05, 0) is 26.2 Å². The van der Waals surface area contributed by atoms with Gasteiger partial charge in [-0.3, -0.25) is 0 Å². The van der Waals surface area contributed by atoms with Crippen LogP contribution < -0.4 is 5.32 Å². The molecule has 0 bridgehead atoms. The molecule has 2 heteroatoms. The molecule has 1 rings (SSSR count). The van der Waals surface area contributed by atoms with Crippen molar-refractivity contribution in [1.29, 1.82) is 0 Å². The van der Waals surface area contributed by atoms with Crippen LogP contribution >= 0.6 is 0 Å². The number of hydrogen-bond donors (Lipinski definition) is 1. The van der Waals surface area contributed by atoms with Crippen LogP contribution in [0.25, 0.3) is 0 Å². The summed E-state index contributed by atoms with van der Waals surface area (Å²) in [4.78, 5) is 0. The van der Waals surface area contributed by atoms with Gasteiger partial charge in [0.25, 0.3) is 0 Å². The lowest BCUT2D eigenvalue weighted by atomic mass is 9.96. The van der Waals surface area contributed by atoms with Gasteiger partial charge < -0.3 is 10.1 Å². The number of allylic oxidation sites excluding steroid dienone is 1. The number of hydrogen-bond acceptors (Lipinski definition) is 2. The summed E-state index contributed by atoms with van der Waals surface area (Å²) in [6, 6.07) is 0.684. The Bertz CT molecular complexity index is 154. The summed E-state index contributed by atoms with van der Waals surface area (Å²) < 4.78 is 4.98. The second-order valence-corrected chi connectivity index (χ2v) is 3.47. The molecule has 1 aliphatic carbocycles. The number of ether oxygens (including phenoxy) is 1. The van der Waals surface area contributed by atoms with Crippen LogP contribution in [0.15, 0.2) is 11.6 Å². The monoisotopic (exact) mass is 169 g/mol. The summed E-state index contributed by atoms with van der Waals surface area (Å²) in [6.07, 6.45) is 6.07. The van der Waals surface area contributed by atoms with E-state index >= 15 is 0 Å². The molecule has 1 N–H and O–H groups in total. The van der Waals surface area contributed by atoms with Gasteiger partial charge >= 0.3 is 0 Å². The normalized spacial score (nSPS) is 23.8. The van der Waals surface area contributed by atoms with E-state index < -0.39 is 0 Å². The summed E-state index contributed by atoms with van der Waals surface area (Å²) in [6.45, 7) is 4.01. The van der Waals surface area contributed by atoms with Crippen molar-refractivity contribution in [3.05, 3.63) is 11.6 Å². The van der Waals surface area contributed by atoms with Gasteiger partial charge in [-0.2, -0.15) is 0 Å². The van der Waals surface area contributed by atoms with Gasteiger partial charge in [0.05, 0.1) is 6.61 Å². The van der Waals surface area contributed by atoms with Gasteiger partial charge in [0.15, 0.2) is 0 Å². The van der Waals surface area contributed by atoms with Crippen molar-refractivity contribution in [2.45, 2.75) is 32.2 Å². The molecule has 0 aromatic carbocycles. The standard InChI is InChI=1S/C10H19NO/c1-9-3-5-10(6-4-9)11-7-8-12-2/h3,10-11H,4-8H2,1-2H3. The van der Waals surface area contributed by atoms with Gasteiger partial charge in [0, 0.05) is 19.7 Å². The Labute approximate surface area is 75.0 Å². The zero-order valence-corrected chi connectivity index (χ0v) is 8.10. The Kier molecular flexibility index (Phi) is 4.33. The van der Waals surface area contributed by atoms with Crippen molar-refractivity contribution in [1.82, 2.24) is 5.32 Å². The Morgan fingerprint density at radius 2 is 2.50 bits per heavy atom. The van der Waals surface area contributed by atoms with Crippen LogP contribution in [0.5, 0.6) is 0 Å². The number of rotatable bonds is 4. The fraction of sp³-hybridized carbons (Fsp3) is 0.800. The summed E-state index contributed by atoms with van der Waals surface area (Å²) >= 11 is 0. The van der Waals surface area contributed by atoms with E-state index in [9.17, 15) is 0 Å². The van der Waals surface area contributed by atoms with Crippen LogP contribution in [0.4, 0.5) is 0 Å². The molecule has 0 saturated carbocycles. The van der Waals surface area contributed by atoms with Gasteiger partial charge in [0.2, 0.25) is 0 Å². The van der Waals surface area contributed by atoms with Gasteiger partial charge in [-0.25, -0.2) is 0 Å². The van der Waals surface area contributed by atoms with E-state index in [-0.39, 0.29) is 0 Å². The fourth-order valence-electron chi connectivity index (χ4n) is 1.52. The summed E-state index contributed by atoms with van der Waals surface area (Å²) in [5.74, 6) is 0. The molecule has 0 amide bonds. The first-order chi connectivity index (χ1) is 5.83. The maximum Gasteiger partial charge on any atom is 0.0587 e. The molecule has 70 valence electrons. The predicted octanol–water partition coefficient (Wildman–Crippen LogP) is 1.72. The van der Waals surface area contributed by atoms with Crippen LogP contribution in [-0.4, -0.2) is 26.3 Å². The van der Waals surface area contributed by atoms with Crippen LogP contribution in [0.3, 0.4) is 0 Å². The average Bonchev–Trinajstić information content (AvgIpc) is 2.09. The first-order valence-corrected chi connectivity index (χ1v) is 4.71. The summed E-state index contributed by atoms with van der Waals surface area (Å²) in [5.41, 5.74) is 1.54. The molecule has 1 unspecified atom stereocenters. The maximum absolute atomic E-state index is 4.98. The molecule has 0 heterocycles. The molecule has 0 aromatic heterocycles. The molecule has 1 aliphatic rings. The Morgan fingerprint density at radius 3 is 3.08 bits per heavy atom. The van der Waals surface area contributed by atoms with E-state index in [2.05, 4.69) is 18.3 Å². The van der Waals surface area contributed by atoms with Crippen LogP contribution in [0.2, 0.25) is 0 Å². The predicted molar refractivity (Wildman–Crippen MR) is 51.3 cm³/mol. The van der Waals surface area contributed by atoms with E-state index in [1.54, 1.807) is 12.7 Å². The quantitative estimate of drug-likeness (QED) is 0.511. The first kappa shape index (κ1) is 9.75. The van der Waals surface area contributed by atoms with Crippen LogP contribution in [0, 0.1) is 0 Å². The van der Waals surface area contributed by atoms with E-state index in [4.69, 9.17) is 4.74 Å². The van der Waals surface area contributed by atoms with Crippen molar-refractivity contribution in [3.8, 4) is 0 Å². The molecule has 0 spiro atoms. The van der Waals surface area contributed by atoms with Gasteiger partial charge in [-0.15, -0.1) is 0 Å². The minimum Gasteiger partial charge on any atom is -0.383 e. The molecule has 0 radical (unpaired) electrons. The molecular formula is C10H19NO. The van der Waals surface area contributed by atoms with E-state index in [1.165, 1.54) is 19.3 Å². The molecule has 0 aliphatic heterocycles. The highest BCUT2D eigenvalue weighted by molar-refractivity contribution is 5.04. The topological polar surface area (TPSA) is 21.3 Å². The van der Waals surface area contributed by atoms with Crippen molar-refractivity contribution in [3.63, 3.8) is 0 Å². The van der Waals surface area contributed by atoms with E-state index in [0.29, 0.717) is 6.04 Å². The molecule has 2 nitrogen and oxygen atoms in total. The number of nitrogens with one attached hydrogen (secondary N) is 1. The average molecular weight is 169 g/mol. The minimum absolute atomic E-state index is 0.684. The van der Waals surface area contributed by atoms with Crippen molar-refractivity contribution < 1.29 is 4.74 Å². The zero-order chi connectivity index (χ0) is 8.81. The second kappa shape index (κ2) is 5.33. The van der Waals surface area contributed by atoms with Crippen molar-refractivity contribution >= 4 is 0 Å². The molecule has 0 aromatic rings. The first-order valence-electron chi connectivity index (χ1n) is 4.71. The third-order valence-corrected chi connectivity index (χ3v) is 2.38. The smallest absolute Gasteiger partial charge is 0.0587 e. The third kappa shape index (κ3) is 3.37.